The summed E-state index contributed by atoms with van der Waals surface area (Å²) in [5.41, 5.74) is 0.106. The fraction of sp³-hybridized carbons (Fsp3) is 0.696. The Hall–Kier alpha value is -1.39. The van der Waals surface area contributed by atoms with Gasteiger partial charge in [0.05, 0.1) is 11.2 Å². The Morgan fingerprint density at radius 3 is 2.67 bits per heavy atom. The van der Waals surface area contributed by atoms with Gasteiger partial charge in [-0.3, -0.25) is 4.79 Å². The summed E-state index contributed by atoms with van der Waals surface area (Å²) in [5, 5.41) is 23.6. The van der Waals surface area contributed by atoms with Gasteiger partial charge in [0, 0.05) is 13.3 Å². The van der Waals surface area contributed by atoms with Gasteiger partial charge < -0.3 is 14.9 Å². The van der Waals surface area contributed by atoms with Crippen LogP contribution in [0.5, 0.6) is 5.75 Å². The standard InChI is InChI=1S/C23H32O4/c1-4-18-6-8-20-21(18,3)11-12-22(25)14-17-13-19(27-15(2)24)7-5-16(17)9-10-23(20,22)26/h5,7,13,18,20,25-26H,4,6,8-12,14H2,1-3H3. The van der Waals surface area contributed by atoms with Crippen molar-refractivity contribution in [3.8, 4) is 5.75 Å². The Morgan fingerprint density at radius 2 is 1.96 bits per heavy atom. The van der Waals surface area contributed by atoms with Gasteiger partial charge in [0.15, 0.2) is 0 Å². The van der Waals surface area contributed by atoms with Gasteiger partial charge in [-0.2, -0.15) is 0 Å². The number of esters is 1. The predicted octanol–water partition coefficient (Wildman–Crippen LogP) is 3.80. The maximum Gasteiger partial charge on any atom is 0.308 e. The molecule has 4 heteroatoms. The highest BCUT2D eigenvalue weighted by atomic mass is 16.5. The topological polar surface area (TPSA) is 66.8 Å². The molecule has 148 valence electrons. The number of carbonyl (C=O) groups is 1. The smallest absolute Gasteiger partial charge is 0.308 e. The van der Waals surface area contributed by atoms with Gasteiger partial charge in [-0.15, -0.1) is 0 Å². The second kappa shape index (κ2) is 6.31. The van der Waals surface area contributed by atoms with Crippen LogP contribution in [0, 0.1) is 17.3 Å². The third-order valence-corrected chi connectivity index (χ3v) is 8.18. The van der Waals surface area contributed by atoms with E-state index >= 15 is 0 Å². The zero-order valence-electron chi connectivity index (χ0n) is 16.8. The molecule has 2 saturated carbocycles. The van der Waals surface area contributed by atoms with Crippen LogP contribution in [0.2, 0.25) is 0 Å². The van der Waals surface area contributed by atoms with Crippen molar-refractivity contribution in [1.29, 1.82) is 0 Å². The van der Waals surface area contributed by atoms with Gasteiger partial charge in [-0.05, 0) is 79.0 Å². The molecule has 3 aliphatic rings. The summed E-state index contributed by atoms with van der Waals surface area (Å²) in [6.07, 6.45) is 6.67. The Bertz CT molecular complexity index is 759. The molecule has 5 unspecified atom stereocenters. The van der Waals surface area contributed by atoms with Gasteiger partial charge in [0.1, 0.15) is 5.75 Å². The predicted molar refractivity (Wildman–Crippen MR) is 104 cm³/mol. The Morgan fingerprint density at radius 1 is 1.19 bits per heavy atom. The van der Waals surface area contributed by atoms with Crippen molar-refractivity contribution in [3.63, 3.8) is 0 Å². The second-order valence-corrected chi connectivity index (χ2v) is 9.40. The fourth-order valence-corrected chi connectivity index (χ4v) is 6.69. The number of benzene rings is 1. The van der Waals surface area contributed by atoms with E-state index in [0.29, 0.717) is 30.9 Å². The highest BCUT2D eigenvalue weighted by Gasteiger charge is 2.65. The average molecular weight is 373 g/mol. The zero-order valence-corrected chi connectivity index (χ0v) is 16.8. The Balaban J connectivity index is 1.70. The number of rotatable bonds is 2. The van der Waals surface area contributed by atoms with Crippen LogP contribution in [0.3, 0.4) is 0 Å². The van der Waals surface area contributed by atoms with E-state index in [2.05, 4.69) is 13.8 Å². The van der Waals surface area contributed by atoms with Crippen molar-refractivity contribution in [2.75, 3.05) is 0 Å². The summed E-state index contributed by atoms with van der Waals surface area (Å²) < 4.78 is 5.25. The van der Waals surface area contributed by atoms with Crippen LogP contribution in [0.15, 0.2) is 18.2 Å². The molecule has 3 aliphatic carbocycles. The molecule has 2 fully saturated rings. The number of hydrogen-bond acceptors (Lipinski definition) is 4. The minimum Gasteiger partial charge on any atom is -0.427 e. The van der Waals surface area contributed by atoms with E-state index in [4.69, 9.17) is 4.74 Å². The summed E-state index contributed by atoms with van der Waals surface area (Å²) in [4.78, 5) is 11.3. The maximum atomic E-state index is 11.9. The number of aryl methyl sites for hydroxylation is 1. The van der Waals surface area contributed by atoms with Crippen molar-refractivity contribution >= 4 is 5.97 Å². The van der Waals surface area contributed by atoms with Gasteiger partial charge >= 0.3 is 5.97 Å². The van der Waals surface area contributed by atoms with Gasteiger partial charge in [0.2, 0.25) is 0 Å². The molecule has 0 heterocycles. The second-order valence-electron chi connectivity index (χ2n) is 9.40. The van der Waals surface area contributed by atoms with Crippen molar-refractivity contribution < 1.29 is 19.7 Å². The first kappa shape index (κ1) is 18.9. The lowest BCUT2D eigenvalue weighted by atomic mass is 9.52. The molecule has 0 radical (unpaired) electrons. The summed E-state index contributed by atoms with van der Waals surface area (Å²) in [7, 11) is 0. The van der Waals surface area contributed by atoms with Crippen LogP contribution < -0.4 is 4.74 Å². The molecule has 0 amide bonds. The lowest BCUT2D eigenvalue weighted by Gasteiger charge is -2.57. The van der Waals surface area contributed by atoms with Crippen LogP contribution in [0.1, 0.15) is 70.4 Å². The maximum absolute atomic E-state index is 11.9. The Kier molecular flexibility index (Phi) is 4.43. The van der Waals surface area contributed by atoms with Gasteiger partial charge in [0.25, 0.3) is 0 Å². The molecule has 2 N–H and O–H groups in total. The molecule has 0 aliphatic heterocycles. The third-order valence-electron chi connectivity index (χ3n) is 8.18. The molecule has 5 atom stereocenters. The monoisotopic (exact) mass is 372 g/mol. The van der Waals surface area contributed by atoms with E-state index < -0.39 is 11.2 Å². The zero-order chi connectivity index (χ0) is 19.4. The van der Waals surface area contributed by atoms with E-state index in [0.717, 1.165) is 43.2 Å². The van der Waals surface area contributed by atoms with Crippen molar-refractivity contribution in [2.45, 2.75) is 83.3 Å². The van der Waals surface area contributed by atoms with Crippen molar-refractivity contribution in [2.24, 2.45) is 17.3 Å². The average Bonchev–Trinajstić information content (AvgIpc) is 2.90. The lowest BCUT2D eigenvalue weighted by Crippen LogP contribution is -2.65. The fourth-order valence-electron chi connectivity index (χ4n) is 6.69. The molecule has 1 aromatic carbocycles. The number of ether oxygens (including phenoxy) is 1. The molecule has 4 rings (SSSR count). The van der Waals surface area contributed by atoms with E-state index in [1.807, 2.05) is 18.2 Å². The molecule has 0 bridgehead atoms. The highest BCUT2D eigenvalue weighted by Crippen LogP contribution is 2.64. The molecule has 0 spiro atoms. The molecular weight excluding hydrogens is 340 g/mol. The normalized spacial score (nSPS) is 40.5. The highest BCUT2D eigenvalue weighted by molar-refractivity contribution is 5.69. The lowest BCUT2D eigenvalue weighted by molar-refractivity contribution is -0.234. The minimum absolute atomic E-state index is 0.120. The van der Waals surface area contributed by atoms with Crippen LogP contribution in [-0.4, -0.2) is 27.4 Å². The van der Waals surface area contributed by atoms with Crippen LogP contribution in [0.25, 0.3) is 0 Å². The third kappa shape index (κ3) is 2.75. The molecular formula is C23H32O4. The molecule has 1 aromatic rings. The van der Waals surface area contributed by atoms with E-state index in [1.54, 1.807) is 0 Å². The first-order valence-corrected chi connectivity index (χ1v) is 10.5. The number of carbonyl (C=O) groups excluding carboxylic acids is 1. The number of aliphatic hydroxyl groups is 2. The van der Waals surface area contributed by atoms with Gasteiger partial charge in [-0.25, -0.2) is 0 Å². The number of hydrogen-bond donors (Lipinski definition) is 2. The SMILES string of the molecule is CCC1CCC2C1(C)CCC1(O)Cc3cc(OC(C)=O)ccc3CCC21O. The summed E-state index contributed by atoms with van der Waals surface area (Å²) in [5.74, 6) is 0.958. The minimum atomic E-state index is -1.11. The summed E-state index contributed by atoms with van der Waals surface area (Å²) in [6, 6.07) is 5.67. The summed E-state index contributed by atoms with van der Waals surface area (Å²) in [6.45, 7) is 5.99. The quantitative estimate of drug-likeness (QED) is 0.612. The molecule has 4 nitrogen and oxygen atoms in total. The Labute approximate surface area is 161 Å². The van der Waals surface area contributed by atoms with Crippen LogP contribution in [-0.2, 0) is 17.6 Å². The van der Waals surface area contributed by atoms with E-state index in [-0.39, 0.29) is 17.3 Å². The number of fused-ring (bicyclic) bond motifs is 4. The van der Waals surface area contributed by atoms with Gasteiger partial charge in [-0.1, -0.05) is 26.3 Å². The van der Waals surface area contributed by atoms with E-state index in [9.17, 15) is 15.0 Å². The molecule has 0 aromatic heterocycles. The van der Waals surface area contributed by atoms with Crippen LogP contribution >= 0.6 is 0 Å². The first-order chi connectivity index (χ1) is 12.7. The van der Waals surface area contributed by atoms with E-state index in [1.165, 1.54) is 6.92 Å². The first-order valence-electron chi connectivity index (χ1n) is 10.5. The van der Waals surface area contributed by atoms with Crippen molar-refractivity contribution in [1.82, 2.24) is 0 Å². The molecule has 0 saturated heterocycles. The largest absolute Gasteiger partial charge is 0.427 e. The van der Waals surface area contributed by atoms with Crippen LogP contribution in [0.4, 0.5) is 0 Å². The summed E-state index contributed by atoms with van der Waals surface area (Å²) >= 11 is 0. The molecule has 27 heavy (non-hydrogen) atoms. The van der Waals surface area contributed by atoms with Crippen molar-refractivity contribution in [3.05, 3.63) is 29.3 Å².